The van der Waals surface area contributed by atoms with Gasteiger partial charge in [0.15, 0.2) is 5.06 Å². The van der Waals surface area contributed by atoms with E-state index in [2.05, 4.69) is 133 Å². The van der Waals surface area contributed by atoms with Gasteiger partial charge in [-0.3, -0.25) is 4.98 Å². The van der Waals surface area contributed by atoms with E-state index in [-0.39, 0.29) is 5.41 Å². The number of aromatic nitrogens is 1. The van der Waals surface area contributed by atoms with Gasteiger partial charge in [0.1, 0.15) is 5.75 Å². The van der Waals surface area contributed by atoms with Crippen molar-refractivity contribution in [1.29, 1.82) is 0 Å². The highest BCUT2D eigenvalue weighted by Gasteiger charge is 2.20. The molecule has 0 radical (unpaired) electrons. The summed E-state index contributed by atoms with van der Waals surface area (Å²) in [7, 11) is 0. The molecule has 1 aliphatic heterocycles. The highest BCUT2D eigenvalue weighted by Crippen LogP contribution is 2.46. The quantitative estimate of drug-likeness (QED) is 0.194. The van der Waals surface area contributed by atoms with Crippen molar-refractivity contribution in [1.82, 2.24) is 4.98 Å². The second-order valence-corrected chi connectivity index (χ2v) is 14.2. The molecule has 8 rings (SSSR count). The van der Waals surface area contributed by atoms with Gasteiger partial charge in [-0.05, 0) is 70.3 Å². The molecule has 0 N–H and O–H groups in total. The predicted octanol–water partition coefficient (Wildman–Crippen LogP) is 11.2. The first-order valence-electron chi connectivity index (χ1n) is 14.8. The zero-order chi connectivity index (χ0) is 29.8. The van der Waals surface area contributed by atoms with Crippen molar-refractivity contribution in [2.75, 3.05) is 16.5 Å². The van der Waals surface area contributed by atoms with E-state index >= 15 is 0 Å². The van der Waals surface area contributed by atoms with Gasteiger partial charge in [0.05, 0.1) is 12.4 Å². The SMILES string of the molecule is CC(C)(C)c1ccnc(-c2cc3c(ccc4ccsc43)c3sc(Oc4cccc(N5C=CN(c6ccccc6)C5)c4)cc23)c1. The van der Waals surface area contributed by atoms with Crippen molar-refractivity contribution in [3.05, 3.63) is 127 Å². The number of hydrogen-bond donors (Lipinski definition) is 0. The molecule has 216 valence electrons. The van der Waals surface area contributed by atoms with Gasteiger partial charge in [-0.2, -0.15) is 0 Å². The molecular formula is C38H31N3OS2. The molecule has 0 unspecified atom stereocenters. The van der Waals surface area contributed by atoms with E-state index in [1.807, 2.05) is 18.3 Å². The lowest BCUT2D eigenvalue weighted by molar-refractivity contribution is 0.497. The number of para-hydroxylation sites is 1. The normalized spacial score (nSPS) is 13.5. The third kappa shape index (κ3) is 4.80. The van der Waals surface area contributed by atoms with Gasteiger partial charge >= 0.3 is 0 Å². The molecule has 0 saturated carbocycles. The molecule has 0 bridgehead atoms. The number of ether oxygens (including phenoxy) is 1. The molecule has 0 aliphatic carbocycles. The Balaban J connectivity index is 1.19. The van der Waals surface area contributed by atoms with Gasteiger partial charge in [-0.15, -0.1) is 11.3 Å². The van der Waals surface area contributed by atoms with Gasteiger partial charge in [0.25, 0.3) is 0 Å². The van der Waals surface area contributed by atoms with Crippen LogP contribution in [0.3, 0.4) is 0 Å². The van der Waals surface area contributed by atoms with Crippen molar-refractivity contribution >= 4 is 65.0 Å². The average Bonchev–Trinajstić information content (AvgIpc) is 3.81. The van der Waals surface area contributed by atoms with Crippen molar-refractivity contribution < 1.29 is 4.74 Å². The van der Waals surface area contributed by atoms with Gasteiger partial charge in [-0.25, -0.2) is 0 Å². The topological polar surface area (TPSA) is 28.6 Å². The summed E-state index contributed by atoms with van der Waals surface area (Å²) >= 11 is 3.50. The lowest BCUT2D eigenvalue weighted by Crippen LogP contribution is -2.24. The molecule has 0 atom stereocenters. The second kappa shape index (κ2) is 10.5. The zero-order valence-electron chi connectivity index (χ0n) is 24.8. The molecular weight excluding hydrogens is 579 g/mol. The van der Waals surface area contributed by atoms with E-state index in [0.29, 0.717) is 0 Å². The Morgan fingerprint density at radius 3 is 2.39 bits per heavy atom. The second-order valence-electron chi connectivity index (χ2n) is 12.2. The lowest BCUT2D eigenvalue weighted by Gasteiger charge is -2.21. The molecule has 7 aromatic rings. The maximum absolute atomic E-state index is 6.60. The van der Waals surface area contributed by atoms with E-state index in [9.17, 15) is 0 Å². The standard InChI is InChI=1S/C38H31N3OS2/c1-38(2,3)26-14-16-39-34(20-26)31-22-32-30(13-12-25-15-19-43-36(25)32)37-33(31)23-35(44-37)42-29-11-7-10-28(21-29)41-18-17-40(24-41)27-8-5-4-6-9-27/h4-23H,24H2,1-3H3. The van der Waals surface area contributed by atoms with Crippen LogP contribution in [0.4, 0.5) is 11.4 Å². The van der Waals surface area contributed by atoms with Crippen LogP contribution in [0.15, 0.2) is 121 Å². The van der Waals surface area contributed by atoms with Crippen LogP contribution in [0, 0.1) is 0 Å². The van der Waals surface area contributed by atoms with Crippen LogP contribution >= 0.6 is 22.7 Å². The summed E-state index contributed by atoms with van der Waals surface area (Å²) in [6, 6.07) is 34.4. The summed E-state index contributed by atoms with van der Waals surface area (Å²) in [6.45, 7) is 7.50. The predicted molar refractivity (Wildman–Crippen MR) is 189 cm³/mol. The number of nitrogens with zero attached hydrogens (tertiary/aromatic N) is 3. The van der Waals surface area contributed by atoms with Gasteiger partial charge in [-0.1, -0.05) is 68.5 Å². The van der Waals surface area contributed by atoms with Crippen LogP contribution in [0.25, 0.3) is 42.2 Å². The summed E-state index contributed by atoms with van der Waals surface area (Å²) in [4.78, 5) is 9.34. The number of anilines is 2. The molecule has 0 fully saturated rings. The van der Waals surface area contributed by atoms with E-state index in [1.165, 1.54) is 42.2 Å². The van der Waals surface area contributed by atoms with E-state index in [4.69, 9.17) is 9.72 Å². The molecule has 1 aliphatic rings. The highest BCUT2D eigenvalue weighted by atomic mass is 32.1. The van der Waals surface area contributed by atoms with Gasteiger partial charge in [0, 0.05) is 73.2 Å². The summed E-state index contributed by atoms with van der Waals surface area (Å²) in [5.74, 6) is 0.819. The maximum Gasteiger partial charge on any atom is 0.182 e. The van der Waals surface area contributed by atoms with Crippen LogP contribution in [-0.4, -0.2) is 11.7 Å². The van der Waals surface area contributed by atoms with Crippen LogP contribution in [0.1, 0.15) is 26.3 Å². The molecule has 0 amide bonds. The minimum Gasteiger partial charge on any atom is -0.447 e. The van der Waals surface area contributed by atoms with Crippen molar-refractivity contribution in [2.45, 2.75) is 26.2 Å². The van der Waals surface area contributed by atoms with Crippen molar-refractivity contribution in [3.63, 3.8) is 0 Å². The van der Waals surface area contributed by atoms with Crippen LogP contribution in [0.2, 0.25) is 0 Å². The van der Waals surface area contributed by atoms with Crippen LogP contribution < -0.4 is 14.5 Å². The largest absolute Gasteiger partial charge is 0.447 e. The fourth-order valence-corrected chi connectivity index (χ4v) is 7.91. The summed E-state index contributed by atoms with van der Waals surface area (Å²) < 4.78 is 9.14. The molecule has 44 heavy (non-hydrogen) atoms. The number of rotatable bonds is 5. The lowest BCUT2D eigenvalue weighted by atomic mass is 9.86. The molecule has 3 aromatic heterocycles. The zero-order valence-corrected chi connectivity index (χ0v) is 26.5. The third-order valence-electron chi connectivity index (χ3n) is 8.28. The number of fused-ring (bicyclic) bond motifs is 5. The molecule has 4 heterocycles. The summed E-state index contributed by atoms with van der Waals surface area (Å²) in [5.41, 5.74) is 5.71. The Labute approximate surface area is 265 Å². The fourth-order valence-electron chi connectivity index (χ4n) is 5.91. The Morgan fingerprint density at radius 2 is 1.55 bits per heavy atom. The van der Waals surface area contributed by atoms with Crippen molar-refractivity contribution in [2.24, 2.45) is 0 Å². The summed E-state index contributed by atoms with van der Waals surface area (Å²) in [5, 5.41) is 8.01. The Hall–Kier alpha value is -4.65. The first kappa shape index (κ1) is 26.9. The molecule has 0 spiro atoms. The minimum atomic E-state index is 0.0330. The van der Waals surface area contributed by atoms with Crippen LogP contribution in [-0.2, 0) is 5.41 Å². The highest BCUT2D eigenvalue weighted by molar-refractivity contribution is 7.22. The van der Waals surface area contributed by atoms with E-state index in [1.54, 1.807) is 22.7 Å². The first-order chi connectivity index (χ1) is 21.4. The molecule has 6 heteroatoms. The fraction of sp³-hybridized carbons (Fsp3) is 0.132. The average molecular weight is 610 g/mol. The number of hydrogen-bond acceptors (Lipinski definition) is 6. The smallest absolute Gasteiger partial charge is 0.182 e. The molecule has 4 aromatic carbocycles. The maximum atomic E-state index is 6.60. The summed E-state index contributed by atoms with van der Waals surface area (Å²) in [6.07, 6.45) is 6.18. The van der Waals surface area contributed by atoms with Gasteiger partial charge in [0.2, 0.25) is 0 Å². The first-order valence-corrected chi connectivity index (χ1v) is 16.5. The minimum absolute atomic E-state index is 0.0330. The molecule has 4 nitrogen and oxygen atoms in total. The van der Waals surface area contributed by atoms with Crippen LogP contribution in [0.5, 0.6) is 10.8 Å². The Morgan fingerprint density at radius 1 is 0.727 bits per heavy atom. The number of pyridine rings is 1. The monoisotopic (exact) mass is 609 g/mol. The van der Waals surface area contributed by atoms with E-state index < -0.39 is 0 Å². The van der Waals surface area contributed by atoms with E-state index in [0.717, 1.165) is 34.4 Å². The Kier molecular flexibility index (Phi) is 6.43. The third-order valence-corrected chi connectivity index (χ3v) is 10.3. The number of benzene rings is 4. The number of thiophene rings is 2. The van der Waals surface area contributed by atoms with Gasteiger partial charge < -0.3 is 14.5 Å². The Bertz CT molecular complexity index is 2190. The van der Waals surface area contributed by atoms with Crippen molar-refractivity contribution in [3.8, 4) is 22.1 Å². The molecule has 0 saturated heterocycles.